The summed E-state index contributed by atoms with van der Waals surface area (Å²) in [6, 6.07) is 10.1. The summed E-state index contributed by atoms with van der Waals surface area (Å²) in [5, 5.41) is 0. The van der Waals surface area contributed by atoms with Gasteiger partial charge in [0.25, 0.3) is 11.8 Å². The molecule has 284 valence electrons. The minimum absolute atomic E-state index is 0.145. The van der Waals surface area contributed by atoms with E-state index in [0.29, 0.717) is 4.90 Å². The van der Waals surface area contributed by atoms with E-state index >= 15 is 0 Å². The van der Waals surface area contributed by atoms with Crippen LogP contribution < -0.4 is 0 Å². The molecular formula is C34H33F3N2O14. The molecule has 2 heterocycles. The van der Waals surface area contributed by atoms with Crippen LogP contribution in [0.25, 0.3) is 0 Å². The van der Waals surface area contributed by atoms with Crippen LogP contribution >= 0.6 is 0 Å². The van der Waals surface area contributed by atoms with Gasteiger partial charge in [0.2, 0.25) is 0 Å². The molecule has 0 N–H and O–H groups in total. The highest BCUT2D eigenvalue weighted by atomic mass is 19.4. The van der Waals surface area contributed by atoms with Gasteiger partial charge in [-0.2, -0.15) is 13.2 Å². The van der Waals surface area contributed by atoms with Crippen LogP contribution in [-0.4, -0.2) is 109 Å². The molecule has 19 heteroatoms. The van der Waals surface area contributed by atoms with Crippen LogP contribution in [0.4, 0.5) is 18.9 Å². The van der Waals surface area contributed by atoms with E-state index in [-0.39, 0.29) is 16.8 Å². The smallest absolute Gasteiger partial charge is 0.464 e. The second-order valence-electron chi connectivity index (χ2n) is 11.6. The van der Waals surface area contributed by atoms with Crippen molar-refractivity contribution >= 4 is 53.2 Å². The van der Waals surface area contributed by atoms with Crippen LogP contribution in [0.5, 0.6) is 0 Å². The van der Waals surface area contributed by atoms with Crippen molar-refractivity contribution < 1.29 is 79.9 Å². The Morgan fingerprint density at radius 1 is 0.868 bits per heavy atom. The SMILES string of the molecule is COC(=O)C1(OC(=Nc2ccccc2)C(F)(F)F)C[C@H](OC(C)=O)[C@@H](N2C(=O)c3ccccc3C2=O)[C@H]([C@H](OC(C)=O)[C@@H](COC(C)=O)OC(C)=O)O1. The van der Waals surface area contributed by atoms with E-state index in [1.165, 1.54) is 54.6 Å². The fourth-order valence-electron chi connectivity index (χ4n) is 5.78. The Labute approximate surface area is 299 Å². The predicted octanol–water partition coefficient (Wildman–Crippen LogP) is 2.98. The summed E-state index contributed by atoms with van der Waals surface area (Å²) in [6.07, 6.45) is -14.9. The fourth-order valence-corrected chi connectivity index (χ4v) is 5.78. The number of para-hydroxylation sites is 1. The van der Waals surface area contributed by atoms with Crippen LogP contribution in [0, 0.1) is 0 Å². The number of amides is 2. The van der Waals surface area contributed by atoms with E-state index in [4.69, 9.17) is 33.2 Å². The molecule has 0 bridgehead atoms. The standard InChI is InChI=1S/C34H33F3N2O14/c1-17(40)48-16-25(50-19(3)42)27(51-20(4)43)28-26(39-29(44)22-13-9-10-14-23(22)30(39)45)24(49-18(2)41)15-33(52-28,32(46)47-5)53-31(34(35,36)37)38-21-11-7-6-8-12-21/h6-14,24-28H,15-16H2,1-5H3/t24-,25+,26+,27+,28+,33?/m0/s1. The Kier molecular flexibility index (Phi) is 12.2. The van der Waals surface area contributed by atoms with Gasteiger partial charge in [-0.05, 0) is 24.3 Å². The van der Waals surface area contributed by atoms with E-state index in [9.17, 15) is 46.7 Å². The zero-order chi connectivity index (χ0) is 39.2. The zero-order valence-electron chi connectivity index (χ0n) is 28.7. The second kappa shape index (κ2) is 16.2. The molecule has 1 saturated heterocycles. The van der Waals surface area contributed by atoms with Gasteiger partial charge in [-0.1, -0.05) is 30.3 Å². The first-order valence-corrected chi connectivity index (χ1v) is 15.7. The van der Waals surface area contributed by atoms with Crippen LogP contribution in [0.1, 0.15) is 54.8 Å². The molecule has 16 nitrogen and oxygen atoms in total. The monoisotopic (exact) mass is 750 g/mol. The number of rotatable bonds is 11. The maximum atomic E-state index is 14.6. The van der Waals surface area contributed by atoms with Gasteiger partial charge in [-0.25, -0.2) is 9.79 Å². The number of carbonyl (C=O) groups excluding carboxylic acids is 7. The maximum absolute atomic E-state index is 14.6. The topological polar surface area (TPSA) is 200 Å². The van der Waals surface area contributed by atoms with Crippen molar-refractivity contribution in [3.63, 3.8) is 0 Å². The molecule has 1 fully saturated rings. The first-order chi connectivity index (χ1) is 24.9. The number of hydrogen-bond donors (Lipinski definition) is 0. The summed E-state index contributed by atoms with van der Waals surface area (Å²) in [5.41, 5.74) is -0.579. The highest BCUT2D eigenvalue weighted by Crippen LogP contribution is 2.42. The molecule has 1 unspecified atom stereocenters. The third kappa shape index (κ3) is 9.15. The molecule has 6 atom stereocenters. The molecule has 2 aliphatic rings. The minimum atomic E-state index is -5.43. The number of nitrogens with zero attached hydrogens (tertiary/aromatic N) is 2. The number of halogens is 3. The van der Waals surface area contributed by atoms with Crippen LogP contribution in [0.3, 0.4) is 0 Å². The number of aliphatic imine (C=N–C) groups is 1. The van der Waals surface area contributed by atoms with Gasteiger partial charge in [0.05, 0.1) is 30.3 Å². The highest BCUT2D eigenvalue weighted by Gasteiger charge is 2.64. The lowest BCUT2D eigenvalue weighted by Gasteiger charge is -2.50. The van der Waals surface area contributed by atoms with Crippen molar-refractivity contribution in [3.8, 4) is 0 Å². The summed E-state index contributed by atoms with van der Waals surface area (Å²) in [6.45, 7) is 2.74. The van der Waals surface area contributed by atoms with E-state index in [2.05, 4.69) is 4.99 Å². The van der Waals surface area contributed by atoms with Gasteiger partial charge in [0.15, 0.2) is 12.2 Å². The van der Waals surface area contributed by atoms with Crippen molar-refractivity contribution in [1.82, 2.24) is 4.90 Å². The Bertz CT molecular complexity index is 1760. The van der Waals surface area contributed by atoms with E-state index in [0.717, 1.165) is 34.8 Å². The first kappa shape index (κ1) is 39.9. The van der Waals surface area contributed by atoms with Gasteiger partial charge in [0, 0.05) is 27.7 Å². The van der Waals surface area contributed by atoms with Crippen molar-refractivity contribution in [2.75, 3.05) is 13.7 Å². The number of benzene rings is 2. The molecule has 2 aromatic rings. The van der Waals surface area contributed by atoms with Crippen molar-refractivity contribution in [2.45, 2.75) is 76.5 Å². The molecule has 2 aromatic carbocycles. The quantitative estimate of drug-likeness (QED) is 0.107. The highest BCUT2D eigenvalue weighted by molar-refractivity contribution is 6.21. The van der Waals surface area contributed by atoms with Crippen molar-refractivity contribution in [2.24, 2.45) is 4.99 Å². The number of ether oxygens (including phenoxy) is 7. The summed E-state index contributed by atoms with van der Waals surface area (Å²) in [5.74, 6) is -13.3. The number of alkyl halides is 3. The van der Waals surface area contributed by atoms with E-state index in [1.807, 2.05) is 0 Å². The number of hydrogen-bond acceptors (Lipinski definition) is 15. The normalized spacial score (nSPS) is 22.5. The van der Waals surface area contributed by atoms with Crippen LogP contribution in [0.15, 0.2) is 59.6 Å². The lowest BCUT2D eigenvalue weighted by atomic mass is 9.86. The second-order valence-corrected chi connectivity index (χ2v) is 11.6. The lowest BCUT2D eigenvalue weighted by Crippen LogP contribution is -2.70. The third-order valence-corrected chi connectivity index (χ3v) is 7.70. The average molecular weight is 751 g/mol. The number of carbonyl (C=O) groups is 7. The largest absolute Gasteiger partial charge is 0.468 e. The van der Waals surface area contributed by atoms with Crippen molar-refractivity contribution in [1.29, 1.82) is 0 Å². The molecular weight excluding hydrogens is 717 g/mol. The van der Waals surface area contributed by atoms with Gasteiger partial charge < -0.3 is 33.2 Å². The number of imide groups is 1. The Balaban J connectivity index is 2.03. The Morgan fingerprint density at radius 3 is 1.92 bits per heavy atom. The molecule has 0 saturated carbocycles. The number of fused-ring (bicyclic) bond motifs is 1. The van der Waals surface area contributed by atoms with E-state index < -0.39 is 103 Å². The average Bonchev–Trinajstić information content (AvgIpc) is 3.33. The number of methoxy groups -OCH3 is 1. The zero-order valence-corrected chi connectivity index (χ0v) is 28.7. The molecule has 2 aliphatic heterocycles. The molecule has 4 rings (SSSR count). The number of esters is 5. The van der Waals surface area contributed by atoms with Crippen molar-refractivity contribution in [3.05, 3.63) is 65.7 Å². The van der Waals surface area contributed by atoms with E-state index in [1.54, 1.807) is 0 Å². The lowest BCUT2D eigenvalue weighted by molar-refractivity contribution is -0.302. The van der Waals surface area contributed by atoms with Crippen LogP contribution in [-0.2, 0) is 57.1 Å². The molecule has 0 radical (unpaired) electrons. The summed E-state index contributed by atoms with van der Waals surface area (Å²) >= 11 is 0. The fraction of sp³-hybridized carbons (Fsp3) is 0.412. The Morgan fingerprint density at radius 2 is 1.43 bits per heavy atom. The molecule has 0 aliphatic carbocycles. The van der Waals surface area contributed by atoms with Crippen LogP contribution in [0.2, 0.25) is 0 Å². The van der Waals surface area contributed by atoms with Gasteiger partial charge in [-0.15, -0.1) is 0 Å². The molecule has 53 heavy (non-hydrogen) atoms. The molecule has 0 spiro atoms. The molecule has 2 amide bonds. The predicted molar refractivity (Wildman–Crippen MR) is 169 cm³/mol. The molecule has 0 aromatic heterocycles. The minimum Gasteiger partial charge on any atom is -0.464 e. The Hall–Kier alpha value is -5.85. The maximum Gasteiger partial charge on any atom is 0.468 e. The first-order valence-electron chi connectivity index (χ1n) is 15.7. The van der Waals surface area contributed by atoms with Gasteiger partial charge >= 0.3 is 47.7 Å². The summed E-state index contributed by atoms with van der Waals surface area (Å²) in [7, 11) is 0.760. The summed E-state index contributed by atoms with van der Waals surface area (Å²) < 4.78 is 81.3. The van der Waals surface area contributed by atoms with Gasteiger partial charge in [-0.3, -0.25) is 33.7 Å². The summed E-state index contributed by atoms with van der Waals surface area (Å²) in [4.78, 5) is 95.0. The third-order valence-electron chi connectivity index (χ3n) is 7.70. The van der Waals surface area contributed by atoms with Gasteiger partial charge in [0.1, 0.15) is 24.9 Å².